The molecule has 1 aliphatic heterocycles. The number of carbonyl (C=O) groups is 1. The second-order valence-electron chi connectivity index (χ2n) is 7.53. The molecular weight excluding hydrogens is 348 g/mol. The lowest BCUT2D eigenvalue weighted by atomic mass is 9.96. The number of nitrogens with zero attached hydrogens (tertiary/aromatic N) is 2. The number of hydrogen-bond acceptors (Lipinski definition) is 3. The lowest BCUT2D eigenvalue weighted by molar-refractivity contribution is 0.0938. The van der Waals surface area contributed by atoms with Gasteiger partial charge in [-0.2, -0.15) is 5.10 Å². The van der Waals surface area contributed by atoms with Crippen LogP contribution in [0.4, 0.5) is 0 Å². The first kappa shape index (κ1) is 18.9. The molecule has 4 rings (SSSR count). The summed E-state index contributed by atoms with van der Waals surface area (Å²) in [5.74, 6) is -0.0538. The SMILES string of the molecule is Cl.O=C(NCC1(Cc2ccccc2)CC1)c1ccn(C2CCCNC2)n1. The molecule has 1 aliphatic carbocycles. The van der Waals surface area contributed by atoms with Gasteiger partial charge in [0.15, 0.2) is 0 Å². The monoisotopic (exact) mass is 374 g/mol. The number of rotatable bonds is 6. The summed E-state index contributed by atoms with van der Waals surface area (Å²) in [5.41, 5.74) is 2.12. The Morgan fingerprint density at radius 2 is 2.08 bits per heavy atom. The van der Waals surface area contributed by atoms with E-state index in [1.807, 2.05) is 23.0 Å². The fraction of sp³-hybridized carbons (Fsp3) is 0.500. The van der Waals surface area contributed by atoms with Gasteiger partial charge in [0.1, 0.15) is 5.69 Å². The molecule has 2 aromatic rings. The van der Waals surface area contributed by atoms with Crippen LogP contribution in [0.15, 0.2) is 42.6 Å². The van der Waals surface area contributed by atoms with Crippen LogP contribution in [-0.2, 0) is 6.42 Å². The molecule has 26 heavy (non-hydrogen) atoms. The Bertz CT molecular complexity index is 720. The summed E-state index contributed by atoms with van der Waals surface area (Å²) in [5, 5.41) is 11.0. The molecule has 2 aliphatic rings. The third-order valence-corrected chi connectivity index (χ3v) is 5.49. The van der Waals surface area contributed by atoms with Gasteiger partial charge < -0.3 is 10.6 Å². The highest BCUT2D eigenvalue weighted by atomic mass is 35.5. The minimum atomic E-state index is -0.0538. The highest BCUT2D eigenvalue weighted by molar-refractivity contribution is 5.92. The molecule has 6 heteroatoms. The topological polar surface area (TPSA) is 59.0 Å². The third-order valence-electron chi connectivity index (χ3n) is 5.49. The van der Waals surface area contributed by atoms with E-state index >= 15 is 0 Å². The van der Waals surface area contributed by atoms with Crippen LogP contribution in [0.3, 0.4) is 0 Å². The second kappa shape index (κ2) is 8.23. The van der Waals surface area contributed by atoms with Crippen molar-refractivity contribution in [1.29, 1.82) is 0 Å². The Kier molecular flexibility index (Phi) is 5.99. The summed E-state index contributed by atoms with van der Waals surface area (Å²) >= 11 is 0. The van der Waals surface area contributed by atoms with Crippen molar-refractivity contribution < 1.29 is 4.79 Å². The molecule has 1 amide bonds. The quantitative estimate of drug-likeness (QED) is 0.817. The number of benzene rings is 1. The molecular formula is C20H27ClN4O. The number of nitrogens with one attached hydrogen (secondary N) is 2. The van der Waals surface area contributed by atoms with Crippen molar-refractivity contribution in [2.24, 2.45) is 5.41 Å². The second-order valence-corrected chi connectivity index (χ2v) is 7.53. The first-order chi connectivity index (χ1) is 12.2. The van der Waals surface area contributed by atoms with Gasteiger partial charge in [-0.05, 0) is 55.7 Å². The highest BCUT2D eigenvalue weighted by Crippen LogP contribution is 2.47. The Balaban J connectivity index is 0.00000196. The Morgan fingerprint density at radius 3 is 2.77 bits per heavy atom. The van der Waals surface area contributed by atoms with Crippen LogP contribution >= 0.6 is 12.4 Å². The van der Waals surface area contributed by atoms with Crippen molar-refractivity contribution in [3.05, 3.63) is 53.9 Å². The van der Waals surface area contributed by atoms with E-state index < -0.39 is 0 Å². The fourth-order valence-electron chi connectivity index (χ4n) is 3.70. The Labute approximate surface area is 161 Å². The summed E-state index contributed by atoms with van der Waals surface area (Å²) in [7, 11) is 0. The molecule has 1 saturated carbocycles. The highest BCUT2D eigenvalue weighted by Gasteiger charge is 2.42. The zero-order valence-corrected chi connectivity index (χ0v) is 15.8. The Hall–Kier alpha value is -1.85. The van der Waals surface area contributed by atoms with Crippen molar-refractivity contribution in [3.63, 3.8) is 0 Å². The van der Waals surface area contributed by atoms with E-state index in [-0.39, 0.29) is 23.7 Å². The molecule has 0 bridgehead atoms. The van der Waals surface area contributed by atoms with Crippen LogP contribution < -0.4 is 10.6 Å². The number of piperidine rings is 1. The minimum absolute atomic E-state index is 0. The maximum absolute atomic E-state index is 12.5. The predicted molar refractivity (Wildman–Crippen MR) is 105 cm³/mol. The molecule has 0 radical (unpaired) electrons. The first-order valence-electron chi connectivity index (χ1n) is 9.32. The fourth-order valence-corrected chi connectivity index (χ4v) is 3.70. The molecule has 2 fully saturated rings. The standard InChI is InChI=1S/C20H26N4O.ClH/c25-19(18-8-12-24(23-18)17-7-4-11-21-14-17)22-15-20(9-10-20)13-16-5-2-1-3-6-16;/h1-3,5-6,8,12,17,21H,4,7,9-11,13-15H2,(H,22,25);1H. The van der Waals surface area contributed by atoms with E-state index in [1.54, 1.807) is 0 Å². The summed E-state index contributed by atoms with van der Waals surface area (Å²) in [6, 6.07) is 12.7. The average Bonchev–Trinajstić information content (AvgIpc) is 3.24. The molecule has 140 valence electrons. The molecule has 1 unspecified atom stereocenters. The molecule has 1 atom stereocenters. The van der Waals surface area contributed by atoms with Crippen LogP contribution in [-0.4, -0.2) is 35.3 Å². The number of aromatic nitrogens is 2. The molecule has 2 N–H and O–H groups in total. The van der Waals surface area contributed by atoms with Gasteiger partial charge in [-0.3, -0.25) is 9.48 Å². The van der Waals surface area contributed by atoms with Crippen molar-refractivity contribution in [2.45, 2.75) is 38.1 Å². The zero-order valence-electron chi connectivity index (χ0n) is 15.0. The molecule has 2 heterocycles. The number of amides is 1. The van der Waals surface area contributed by atoms with Crippen LogP contribution in [0.25, 0.3) is 0 Å². The van der Waals surface area contributed by atoms with E-state index in [9.17, 15) is 4.79 Å². The lowest BCUT2D eigenvalue weighted by Crippen LogP contribution is -2.33. The molecule has 1 aromatic carbocycles. The van der Waals surface area contributed by atoms with Gasteiger partial charge in [0.25, 0.3) is 5.91 Å². The normalized spacial score (nSPS) is 20.8. The summed E-state index contributed by atoms with van der Waals surface area (Å²) in [4.78, 5) is 12.5. The van der Waals surface area contributed by atoms with Gasteiger partial charge in [0, 0.05) is 19.3 Å². The number of carbonyl (C=O) groups excluding carboxylic acids is 1. The smallest absolute Gasteiger partial charge is 0.271 e. The van der Waals surface area contributed by atoms with Crippen molar-refractivity contribution >= 4 is 18.3 Å². The Morgan fingerprint density at radius 1 is 1.27 bits per heavy atom. The van der Waals surface area contributed by atoms with Gasteiger partial charge >= 0.3 is 0 Å². The molecule has 1 aromatic heterocycles. The van der Waals surface area contributed by atoms with Gasteiger partial charge in [0.2, 0.25) is 0 Å². The molecule has 0 spiro atoms. The first-order valence-corrected chi connectivity index (χ1v) is 9.32. The van der Waals surface area contributed by atoms with E-state index in [2.05, 4.69) is 40.0 Å². The van der Waals surface area contributed by atoms with E-state index in [1.165, 1.54) is 18.4 Å². The predicted octanol–water partition coefficient (Wildman–Crippen LogP) is 2.98. The summed E-state index contributed by atoms with van der Waals surface area (Å²) in [6.07, 6.45) is 7.62. The zero-order chi connectivity index (χ0) is 17.1. The van der Waals surface area contributed by atoms with Crippen LogP contribution in [0, 0.1) is 5.41 Å². The van der Waals surface area contributed by atoms with Crippen LogP contribution in [0.5, 0.6) is 0 Å². The largest absolute Gasteiger partial charge is 0.350 e. The van der Waals surface area contributed by atoms with E-state index in [0.29, 0.717) is 11.7 Å². The number of hydrogen-bond donors (Lipinski definition) is 2. The van der Waals surface area contributed by atoms with Crippen molar-refractivity contribution in [2.75, 3.05) is 19.6 Å². The van der Waals surface area contributed by atoms with Crippen LogP contribution in [0.2, 0.25) is 0 Å². The number of halogens is 1. The van der Waals surface area contributed by atoms with Gasteiger partial charge in [-0.15, -0.1) is 12.4 Å². The van der Waals surface area contributed by atoms with Gasteiger partial charge in [-0.25, -0.2) is 0 Å². The summed E-state index contributed by atoms with van der Waals surface area (Å²) in [6.45, 7) is 2.75. The van der Waals surface area contributed by atoms with Gasteiger partial charge in [0.05, 0.1) is 6.04 Å². The minimum Gasteiger partial charge on any atom is -0.350 e. The molecule has 1 saturated heterocycles. The van der Waals surface area contributed by atoms with Crippen molar-refractivity contribution in [3.8, 4) is 0 Å². The summed E-state index contributed by atoms with van der Waals surface area (Å²) < 4.78 is 1.94. The lowest BCUT2D eigenvalue weighted by Gasteiger charge is -2.22. The van der Waals surface area contributed by atoms with Gasteiger partial charge in [-0.1, -0.05) is 30.3 Å². The maximum atomic E-state index is 12.5. The third kappa shape index (κ3) is 4.46. The molecule has 5 nitrogen and oxygen atoms in total. The van der Waals surface area contributed by atoms with E-state index in [4.69, 9.17) is 0 Å². The average molecular weight is 375 g/mol. The van der Waals surface area contributed by atoms with E-state index in [0.717, 1.165) is 38.9 Å². The van der Waals surface area contributed by atoms with Crippen LogP contribution in [0.1, 0.15) is 47.8 Å². The maximum Gasteiger partial charge on any atom is 0.271 e. The van der Waals surface area contributed by atoms with Crippen molar-refractivity contribution in [1.82, 2.24) is 20.4 Å².